The molecule has 0 aromatic carbocycles. The Morgan fingerprint density at radius 3 is 2.88 bits per heavy atom. The summed E-state index contributed by atoms with van der Waals surface area (Å²) < 4.78 is 0. The zero-order valence-electron chi connectivity index (χ0n) is 14.0. The van der Waals surface area contributed by atoms with Crippen molar-refractivity contribution in [3.63, 3.8) is 0 Å². The number of carbonyl (C=O) groups excluding carboxylic acids is 1. The van der Waals surface area contributed by atoms with Gasteiger partial charge in [0.1, 0.15) is 5.69 Å². The SMILES string of the molecule is Cc1cnc(C(=O)N(Cc2ccccn2)[C@H]2CCCNCC2)cn1. The van der Waals surface area contributed by atoms with Crippen LogP contribution in [-0.4, -0.2) is 44.9 Å². The molecule has 0 saturated carbocycles. The lowest BCUT2D eigenvalue weighted by molar-refractivity contribution is 0.0635. The van der Waals surface area contributed by atoms with Crippen LogP contribution in [0, 0.1) is 6.92 Å². The summed E-state index contributed by atoms with van der Waals surface area (Å²) in [6.45, 7) is 4.30. The van der Waals surface area contributed by atoms with E-state index in [1.165, 1.54) is 0 Å². The highest BCUT2D eigenvalue weighted by atomic mass is 16.2. The van der Waals surface area contributed by atoms with E-state index in [0.29, 0.717) is 12.2 Å². The smallest absolute Gasteiger partial charge is 0.274 e. The highest BCUT2D eigenvalue weighted by Gasteiger charge is 2.27. The maximum absolute atomic E-state index is 13.0. The first-order valence-electron chi connectivity index (χ1n) is 8.44. The molecule has 0 bridgehead atoms. The fourth-order valence-electron chi connectivity index (χ4n) is 3.00. The second kappa shape index (κ2) is 7.97. The molecule has 0 spiro atoms. The Bertz CT molecular complexity index is 651. The minimum atomic E-state index is -0.0694. The van der Waals surface area contributed by atoms with Gasteiger partial charge < -0.3 is 10.2 Å². The zero-order chi connectivity index (χ0) is 16.8. The molecular formula is C18H23N5O. The molecule has 126 valence electrons. The van der Waals surface area contributed by atoms with E-state index in [0.717, 1.165) is 43.7 Å². The molecule has 2 aromatic heterocycles. The Kier molecular flexibility index (Phi) is 5.48. The zero-order valence-corrected chi connectivity index (χ0v) is 14.0. The summed E-state index contributed by atoms with van der Waals surface area (Å²) in [5, 5.41) is 3.40. The molecule has 24 heavy (non-hydrogen) atoms. The first-order chi connectivity index (χ1) is 11.7. The normalized spacial score (nSPS) is 18.0. The monoisotopic (exact) mass is 325 g/mol. The molecule has 1 fully saturated rings. The van der Waals surface area contributed by atoms with Crippen LogP contribution >= 0.6 is 0 Å². The number of nitrogens with zero attached hydrogens (tertiary/aromatic N) is 4. The second-order valence-corrected chi connectivity index (χ2v) is 6.13. The average Bonchev–Trinajstić information content (AvgIpc) is 2.90. The van der Waals surface area contributed by atoms with Crippen LogP contribution in [0.1, 0.15) is 41.1 Å². The summed E-state index contributed by atoms with van der Waals surface area (Å²) in [4.78, 5) is 27.8. The van der Waals surface area contributed by atoms with Gasteiger partial charge in [-0.25, -0.2) is 4.98 Å². The average molecular weight is 325 g/mol. The Labute approximate surface area is 142 Å². The molecular weight excluding hydrogens is 302 g/mol. The summed E-state index contributed by atoms with van der Waals surface area (Å²) in [5.74, 6) is -0.0694. The fraction of sp³-hybridized carbons (Fsp3) is 0.444. The molecule has 6 heteroatoms. The van der Waals surface area contributed by atoms with E-state index in [2.05, 4.69) is 20.3 Å². The van der Waals surface area contributed by atoms with Gasteiger partial charge in [-0.1, -0.05) is 6.07 Å². The maximum Gasteiger partial charge on any atom is 0.274 e. The third-order valence-electron chi connectivity index (χ3n) is 4.31. The van der Waals surface area contributed by atoms with Crippen molar-refractivity contribution in [3.05, 3.63) is 53.9 Å². The molecule has 0 aliphatic carbocycles. The van der Waals surface area contributed by atoms with E-state index < -0.39 is 0 Å². The molecule has 1 aliphatic rings. The van der Waals surface area contributed by atoms with Crippen molar-refractivity contribution in [3.8, 4) is 0 Å². The number of pyridine rings is 1. The Balaban J connectivity index is 1.85. The van der Waals surface area contributed by atoms with Gasteiger partial charge in [-0.15, -0.1) is 0 Å². The lowest BCUT2D eigenvalue weighted by Gasteiger charge is -2.30. The molecule has 3 heterocycles. The van der Waals surface area contributed by atoms with Gasteiger partial charge in [0.05, 0.1) is 24.1 Å². The van der Waals surface area contributed by atoms with E-state index in [-0.39, 0.29) is 11.9 Å². The quantitative estimate of drug-likeness (QED) is 0.930. The minimum absolute atomic E-state index is 0.0694. The summed E-state index contributed by atoms with van der Waals surface area (Å²) in [6, 6.07) is 5.98. The predicted octanol–water partition coefficient (Wildman–Crippen LogP) is 1.96. The third-order valence-corrected chi connectivity index (χ3v) is 4.31. The van der Waals surface area contributed by atoms with Crippen molar-refractivity contribution >= 4 is 5.91 Å². The number of aromatic nitrogens is 3. The Morgan fingerprint density at radius 1 is 1.21 bits per heavy atom. The third kappa shape index (κ3) is 4.14. The summed E-state index contributed by atoms with van der Waals surface area (Å²) in [7, 11) is 0. The number of amides is 1. The molecule has 0 unspecified atom stereocenters. The van der Waals surface area contributed by atoms with Gasteiger partial charge in [0.2, 0.25) is 0 Å². The highest BCUT2D eigenvalue weighted by molar-refractivity contribution is 5.92. The predicted molar refractivity (Wildman–Crippen MR) is 91.4 cm³/mol. The van der Waals surface area contributed by atoms with Crippen molar-refractivity contribution in [2.75, 3.05) is 13.1 Å². The lowest BCUT2D eigenvalue weighted by Crippen LogP contribution is -2.41. The van der Waals surface area contributed by atoms with Gasteiger partial charge in [0.25, 0.3) is 5.91 Å². The maximum atomic E-state index is 13.0. The second-order valence-electron chi connectivity index (χ2n) is 6.13. The van der Waals surface area contributed by atoms with Crippen LogP contribution in [0.15, 0.2) is 36.8 Å². The summed E-state index contributed by atoms with van der Waals surface area (Å²) >= 11 is 0. The van der Waals surface area contributed by atoms with Crippen LogP contribution in [-0.2, 0) is 6.54 Å². The molecule has 1 amide bonds. The molecule has 6 nitrogen and oxygen atoms in total. The van der Waals surface area contributed by atoms with Gasteiger partial charge in [0, 0.05) is 18.4 Å². The van der Waals surface area contributed by atoms with Gasteiger partial charge in [-0.05, 0) is 51.4 Å². The van der Waals surface area contributed by atoms with Crippen LogP contribution in [0.3, 0.4) is 0 Å². The molecule has 3 rings (SSSR count). The summed E-state index contributed by atoms with van der Waals surface area (Å²) in [6.07, 6.45) is 7.97. The molecule has 1 N–H and O–H groups in total. The van der Waals surface area contributed by atoms with Crippen molar-refractivity contribution < 1.29 is 4.79 Å². The van der Waals surface area contributed by atoms with Gasteiger partial charge in [0.15, 0.2) is 0 Å². The van der Waals surface area contributed by atoms with Crippen molar-refractivity contribution in [2.45, 2.75) is 38.8 Å². The first kappa shape index (κ1) is 16.5. The van der Waals surface area contributed by atoms with Crippen molar-refractivity contribution in [1.29, 1.82) is 0 Å². The number of carbonyl (C=O) groups is 1. The van der Waals surface area contributed by atoms with Crippen LogP contribution in [0.4, 0.5) is 0 Å². The highest BCUT2D eigenvalue weighted by Crippen LogP contribution is 2.18. The number of hydrogen-bond donors (Lipinski definition) is 1. The number of hydrogen-bond acceptors (Lipinski definition) is 5. The van der Waals surface area contributed by atoms with Gasteiger partial charge in [-0.3, -0.25) is 14.8 Å². The molecule has 0 radical (unpaired) electrons. The van der Waals surface area contributed by atoms with Crippen LogP contribution in [0.25, 0.3) is 0 Å². The number of nitrogens with one attached hydrogen (secondary N) is 1. The number of rotatable bonds is 4. The first-order valence-corrected chi connectivity index (χ1v) is 8.44. The van der Waals surface area contributed by atoms with Gasteiger partial charge in [-0.2, -0.15) is 0 Å². The largest absolute Gasteiger partial charge is 0.328 e. The fourth-order valence-corrected chi connectivity index (χ4v) is 3.00. The van der Waals surface area contributed by atoms with E-state index in [9.17, 15) is 4.79 Å². The standard InChI is InChI=1S/C18H23N5O/c1-14-11-22-17(12-21-14)18(24)23(13-15-5-2-3-9-20-15)16-6-4-8-19-10-7-16/h2-3,5,9,11-12,16,19H,4,6-8,10,13H2,1H3/t16-/m0/s1. The Morgan fingerprint density at radius 2 is 2.12 bits per heavy atom. The molecule has 1 atom stereocenters. The van der Waals surface area contributed by atoms with E-state index >= 15 is 0 Å². The van der Waals surface area contributed by atoms with Crippen LogP contribution < -0.4 is 5.32 Å². The summed E-state index contributed by atoms with van der Waals surface area (Å²) in [5.41, 5.74) is 2.10. The van der Waals surface area contributed by atoms with Crippen molar-refractivity contribution in [1.82, 2.24) is 25.2 Å². The van der Waals surface area contributed by atoms with E-state index in [1.807, 2.05) is 30.0 Å². The van der Waals surface area contributed by atoms with Crippen LogP contribution in [0.5, 0.6) is 0 Å². The molecule has 2 aromatic rings. The Hall–Kier alpha value is -2.34. The van der Waals surface area contributed by atoms with Crippen molar-refractivity contribution in [2.24, 2.45) is 0 Å². The van der Waals surface area contributed by atoms with Gasteiger partial charge >= 0.3 is 0 Å². The van der Waals surface area contributed by atoms with Crippen LogP contribution in [0.2, 0.25) is 0 Å². The number of aryl methyl sites for hydroxylation is 1. The molecule has 1 saturated heterocycles. The lowest BCUT2D eigenvalue weighted by atomic mass is 10.1. The van der Waals surface area contributed by atoms with E-state index in [4.69, 9.17) is 0 Å². The topological polar surface area (TPSA) is 71.0 Å². The molecule has 1 aliphatic heterocycles. The minimum Gasteiger partial charge on any atom is -0.328 e. The van der Waals surface area contributed by atoms with E-state index in [1.54, 1.807) is 18.6 Å².